The number of unbranched alkanes of at least 4 members (excludes halogenated alkanes) is 1. The smallest absolute Gasteiger partial charge is 0.223 e. The van der Waals surface area contributed by atoms with Crippen molar-refractivity contribution in [2.24, 2.45) is 0 Å². The molecule has 0 aromatic rings. The summed E-state index contributed by atoms with van der Waals surface area (Å²) >= 11 is 0. The standard InChI is InChI=1S/C15H30N2O4S/c1-4-5-9-22(20,21)10-8-15(19)17(3)12-14(18)11-16(2)13-6-7-13/h13-14,18H,4-12H2,1-3H3/t14-/m1/s1. The molecule has 0 radical (unpaired) electrons. The molecule has 0 aromatic heterocycles. The zero-order valence-electron chi connectivity index (χ0n) is 14.0. The largest absolute Gasteiger partial charge is 0.390 e. The Kier molecular flexibility index (Phi) is 7.79. The van der Waals surface area contributed by atoms with Crippen molar-refractivity contribution in [2.75, 3.05) is 38.7 Å². The number of hydrogen-bond donors (Lipinski definition) is 1. The Morgan fingerprint density at radius 2 is 1.86 bits per heavy atom. The predicted molar refractivity (Wildman–Crippen MR) is 87.5 cm³/mol. The molecule has 1 N–H and O–H groups in total. The normalized spacial score (nSPS) is 16.8. The second-order valence-electron chi connectivity index (χ2n) is 6.35. The average Bonchev–Trinajstić information content (AvgIpc) is 3.27. The molecule has 0 spiro atoms. The molecule has 6 nitrogen and oxygen atoms in total. The average molecular weight is 334 g/mol. The highest BCUT2D eigenvalue weighted by molar-refractivity contribution is 7.91. The summed E-state index contributed by atoms with van der Waals surface area (Å²) in [4.78, 5) is 15.5. The van der Waals surface area contributed by atoms with Crippen molar-refractivity contribution < 1.29 is 18.3 Å². The highest BCUT2D eigenvalue weighted by atomic mass is 32.2. The zero-order chi connectivity index (χ0) is 16.8. The van der Waals surface area contributed by atoms with Crippen LogP contribution in [-0.2, 0) is 14.6 Å². The molecule has 22 heavy (non-hydrogen) atoms. The summed E-state index contributed by atoms with van der Waals surface area (Å²) in [5, 5.41) is 10.0. The van der Waals surface area contributed by atoms with E-state index in [0.717, 1.165) is 6.42 Å². The van der Waals surface area contributed by atoms with Crippen LogP contribution in [0.2, 0.25) is 0 Å². The monoisotopic (exact) mass is 334 g/mol. The lowest BCUT2D eigenvalue weighted by Crippen LogP contribution is -2.40. The van der Waals surface area contributed by atoms with Crippen LogP contribution >= 0.6 is 0 Å². The Hall–Kier alpha value is -0.660. The summed E-state index contributed by atoms with van der Waals surface area (Å²) in [6.45, 7) is 2.72. The molecule has 0 saturated heterocycles. The molecule has 0 bridgehead atoms. The molecule has 1 aliphatic rings. The van der Waals surface area contributed by atoms with Gasteiger partial charge in [-0.2, -0.15) is 0 Å². The number of hydrogen-bond acceptors (Lipinski definition) is 5. The molecule has 1 aliphatic carbocycles. The van der Waals surface area contributed by atoms with Crippen molar-refractivity contribution in [1.82, 2.24) is 9.80 Å². The van der Waals surface area contributed by atoms with Gasteiger partial charge >= 0.3 is 0 Å². The van der Waals surface area contributed by atoms with Crippen molar-refractivity contribution in [1.29, 1.82) is 0 Å². The SMILES string of the molecule is CCCCS(=O)(=O)CCC(=O)N(C)C[C@H](O)CN(C)C1CC1. The summed E-state index contributed by atoms with van der Waals surface area (Å²) < 4.78 is 23.5. The minimum absolute atomic E-state index is 0.00622. The third kappa shape index (κ3) is 7.56. The van der Waals surface area contributed by atoms with Gasteiger partial charge < -0.3 is 14.9 Å². The minimum Gasteiger partial charge on any atom is -0.390 e. The number of carbonyl (C=O) groups is 1. The van der Waals surface area contributed by atoms with Gasteiger partial charge in [0.05, 0.1) is 17.6 Å². The van der Waals surface area contributed by atoms with Crippen molar-refractivity contribution in [3.63, 3.8) is 0 Å². The van der Waals surface area contributed by atoms with Crippen LogP contribution in [0, 0.1) is 0 Å². The predicted octanol–water partition coefficient (Wildman–Crippen LogP) is 0.505. The fourth-order valence-corrected chi connectivity index (χ4v) is 3.79. The summed E-state index contributed by atoms with van der Waals surface area (Å²) in [6, 6.07) is 0.569. The molecular weight excluding hydrogens is 304 g/mol. The van der Waals surface area contributed by atoms with Crippen molar-refractivity contribution in [2.45, 2.75) is 51.2 Å². The Morgan fingerprint density at radius 3 is 2.41 bits per heavy atom. The van der Waals surface area contributed by atoms with Crippen molar-refractivity contribution >= 4 is 15.7 Å². The second kappa shape index (κ2) is 8.84. The molecule has 1 saturated carbocycles. The molecular formula is C15H30N2O4S. The molecule has 0 heterocycles. The number of likely N-dealkylation sites (N-methyl/N-ethyl adjacent to an activating group) is 2. The summed E-state index contributed by atoms with van der Waals surface area (Å²) in [5.74, 6) is -0.183. The molecule has 0 aromatic carbocycles. The molecule has 1 atom stereocenters. The fourth-order valence-electron chi connectivity index (χ4n) is 2.37. The van der Waals surface area contributed by atoms with Gasteiger partial charge in [0.25, 0.3) is 0 Å². The van der Waals surface area contributed by atoms with Gasteiger partial charge in [-0.3, -0.25) is 4.79 Å². The lowest BCUT2D eigenvalue weighted by atomic mass is 10.3. The first kappa shape index (κ1) is 19.4. The van der Waals surface area contributed by atoms with E-state index in [0.29, 0.717) is 19.0 Å². The van der Waals surface area contributed by atoms with Gasteiger partial charge in [0, 0.05) is 32.6 Å². The number of nitrogens with zero attached hydrogens (tertiary/aromatic N) is 2. The number of aliphatic hydroxyl groups is 1. The van der Waals surface area contributed by atoms with E-state index in [2.05, 4.69) is 4.90 Å². The van der Waals surface area contributed by atoms with Gasteiger partial charge in [-0.25, -0.2) is 8.42 Å². The van der Waals surface area contributed by atoms with E-state index in [9.17, 15) is 18.3 Å². The Balaban J connectivity index is 2.28. The van der Waals surface area contributed by atoms with Gasteiger partial charge in [-0.05, 0) is 26.3 Å². The van der Waals surface area contributed by atoms with E-state index >= 15 is 0 Å². The lowest BCUT2D eigenvalue weighted by Gasteiger charge is -2.24. The number of sulfone groups is 1. The van der Waals surface area contributed by atoms with E-state index in [4.69, 9.17) is 0 Å². The summed E-state index contributed by atoms with van der Waals surface area (Å²) in [6.07, 6.45) is 3.21. The van der Waals surface area contributed by atoms with Crippen molar-refractivity contribution in [3.05, 3.63) is 0 Å². The van der Waals surface area contributed by atoms with Gasteiger partial charge in [-0.1, -0.05) is 13.3 Å². The minimum atomic E-state index is -3.14. The number of carbonyl (C=O) groups excluding carboxylic acids is 1. The molecule has 7 heteroatoms. The Morgan fingerprint density at radius 1 is 1.23 bits per heavy atom. The van der Waals surface area contributed by atoms with Gasteiger partial charge in [0.1, 0.15) is 0 Å². The molecule has 0 aliphatic heterocycles. The quantitative estimate of drug-likeness (QED) is 0.595. The van der Waals surface area contributed by atoms with Crippen LogP contribution in [0.15, 0.2) is 0 Å². The number of amides is 1. The lowest BCUT2D eigenvalue weighted by molar-refractivity contribution is -0.130. The highest BCUT2D eigenvalue weighted by Gasteiger charge is 2.27. The van der Waals surface area contributed by atoms with Crippen LogP contribution in [0.4, 0.5) is 0 Å². The first-order valence-electron chi connectivity index (χ1n) is 8.08. The summed E-state index contributed by atoms with van der Waals surface area (Å²) in [7, 11) is 0.447. The van der Waals surface area contributed by atoms with E-state index in [1.807, 2.05) is 14.0 Å². The third-order valence-electron chi connectivity index (χ3n) is 4.02. The van der Waals surface area contributed by atoms with Crippen LogP contribution in [0.3, 0.4) is 0 Å². The number of aliphatic hydroxyl groups excluding tert-OH is 1. The van der Waals surface area contributed by atoms with Gasteiger partial charge in [0.2, 0.25) is 5.91 Å². The fraction of sp³-hybridized carbons (Fsp3) is 0.933. The Labute approximate surface area is 134 Å². The highest BCUT2D eigenvalue weighted by Crippen LogP contribution is 2.25. The van der Waals surface area contributed by atoms with Crippen LogP contribution in [0.1, 0.15) is 39.0 Å². The van der Waals surface area contributed by atoms with Crippen LogP contribution in [0.25, 0.3) is 0 Å². The Bertz CT molecular complexity index is 448. The summed E-state index contributed by atoms with van der Waals surface area (Å²) in [5.41, 5.74) is 0. The zero-order valence-corrected chi connectivity index (χ0v) is 14.8. The topological polar surface area (TPSA) is 77.9 Å². The van der Waals surface area contributed by atoms with Gasteiger partial charge in [0.15, 0.2) is 9.84 Å². The van der Waals surface area contributed by atoms with E-state index < -0.39 is 15.9 Å². The first-order valence-corrected chi connectivity index (χ1v) is 9.90. The van der Waals surface area contributed by atoms with Crippen LogP contribution in [0.5, 0.6) is 0 Å². The van der Waals surface area contributed by atoms with E-state index in [1.54, 1.807) is 7.05 Å². The molecule has 130 valence electrons. The van der Waals surface area contributed by atoms with E-state index in [-0.39, 0.29) is 30.4 Å². The van der Waals surface area contributed by atoms with E-state index in [1.165, 1.54) is 17.7 Å². The third-order valence-corrected chi connectivity index (χ3v) is 5.75. The van der Waals surface area contributed by atoms with Crippen LogP contribution in [-0.4, -0.2) is 80.1 Å². The molecule has 1 rings (SSSR count). The maximum atomic E-state index is 12.0. The second-order valence-corrected chi connectivity index (χ2v) is 8.66. The van der Waals surface area contributed by atoms with Crippen molar-refractivity contribution in [3.8, 4) is 0 Å². The maximum absolute atomic E-state index is 12.0. The molecule has 1 amide bonds. The van der Waals surface area contributed by atoms with Gasteiger partial charge in [-0.15, -0.1) is 0 Å². The number of rotatable bonds is 11. The molecule has 0 unspecified atom stereocenters. The van der Waals surface area contributed by atoms with Crippen LogP contribution < -0.4 is 0 Å². The molecule has 1 fully saturated rings. The maximum Gasteiger partial charge on any atom is 0.223 e. The first-order chi connectivity index (χ1) is 10.2.